The van der Waals surface area contributed by atoms with Gasteiger partial charge in [0.25, 0.3) is 6.43 Å². The van der Waals surface area contributed by atoms with Crippen LogP contribution in [0.5, 0.6) is 0 Å². The van der Waals surface area contributed by atoms with Crippen LogP contribution in [0.3, 0.4) is 0 Å². The second-order valence-electron chi connectivity index (χ2n) is 5.25. The molecule has 1 atom stereocenters. The molecular weight excluding hydrogens is 278 g/mol. The van der Waals surface area contributed by atoms with Crippen LogP contribution >= 0.6 is 0 Å². The minimum absolute atomic E-state index is 0.301. The van der Waals surface area contributed by atoms with Gasteiger partial charge in [0.05, 0.1) is 19.1 Å². The van der Waals surface area contributed by atoms with Gasteiger partial charge in [-0.25, -0.2) is 13.8 Å². The number of aromatic nitrogens is 2. The van der Waals surface area contributed by atoms with Crippen molar-refractivity contribution in [3.05, 3.63) is 18.2 Å². The first-order valence-corrected chi connectivity index (χ1v) is 7.41. The molecule has 1 saturated heterocycles. The number of aryl methyl sites for hydroxylation is 1. The molecule has 1 N–H and O–H groups in total. The van der Waals surface area contributed by atoms with Gasteiger partial charge in [0.15, 0.2) is 0 Å². The van der Waals surface area contributed by atoms with Crippen molar-refractivity contribution in [1.82, 2.24) is 19.8 Å². The summed E-state index contributed by atoms with van der Waals surface area (Å²) in [4.78, 5) is 18.4. The summed E-state index contributed by atoms with van der Waals surface area (Å²) in [5, 5.41) is 2.33. The molecule has 0 radical (unpaired) electrons. The zero-order valence-electron chi connectivity index (χ0n) is 12.3. The minimum atomic E-state index is -2.51. The van der Waals surface area contributed by atoms with Crippen LogP contribution in [-0.4, -0.2) is 45.9 Å². The highest BCUT2D eigenvalue weighted by Gasteiger charge is 2.29. The van der Waals surface area contributed by atoms with E-state index < -0.39 is 13.0 Å². The fraction of sp³-hybridized carbons (Fsp3) is 0.714. The van der Waals surface area contributed by atoms with E-state index in [-0.39, 0.29) is 11.9 Å². The Morgan fingerprint density at radius 1 is 1.52 bits per heavy atom. The van der Waals surface area contributed by atoms with Gasteiger partial charge < -0.3 is 9.88 Å². The number of hydrogen-bond donors (Lipinski definition) is 1. The van der Waals surface area contributed by atoms with Crippen molar-refractivity contribution in [3.63, 3.8) is 0 Å². The number of piperidine rings is 1. The van der Waals surface area contributed by atoms with Crippen LogP contribution in [0.4, 0.5) is 8.78 Å². The molecule has 1 aliphatic rings. The molecule has 0 aromatic carbocycles. The van der Waals surface area contributed by atoms with Gasteiger partial charge in [-0.05, 0) is 26.3 Å². The van der Waals surface area contributed by atoms with Crippen LogP contribution in [0.2, 0.25) is 0 Å². The molecular formula is C14H22F2N4O. The standard InChI is InChI=1S/C14H22F2N4O/c1-2-19-8-6-17-13(19)10-20-7-4-3-5-11(20)14(21)18-9-12(15)16/h6,8,11-12H,2-5,7,9-10H2,1H3,(H,18,21)/t11-/m0/s1. The number of likely N-dealkylation sites (tertiary alicyclic amines) is 1. The Bertz CT molecular complexity index is 464. The molecule has 1 aromatic rings. The lowest BCUT2D eigenvalue weighted by molar-refractivity contribution is -0.128. The summed E-state index contributed by atoms with van der Waals surface area (Å²) in [5.41, 5.74) is 0. The molecule has 2 rings (SSSR count). The fourth-order valence-corrected chi connectivity index (χ4v) is 2.73. The second-order valence-corrected chi connectivity index (χ2v) is 5.25. The highest BCUT2D eigenvalue weighted by molar-refractivity contribution is 5.81. The summed E-state index contributed by atoms with van der Waals surface area (Å²) in [7, 11) is 0. The van der Waals surface area contributed by atoms with E-state index in [0.29, 0.717) is 13.0 Å². The van der Waals surface area contributed by atoms with Gasteiger partial charge in [-0.3, -0.25) is 9.69 Å². The summed E-state index contributed by atoms with van der Waals surface area (Å²) >= 11 is 0. The number of amides is 1. The van der Waals surface area contributed by atoms with Gasteiger partial charge in [-0.15, -0.1) is 0 Å². The van der Waals surface area contributed by atoms with Crippen LogP contribution in [0, 0.1) is 0 Å². The first-order chi connectivity index (χ1) is 10.1. The van der Waals surface area contributed by atoms with Crippen molar-refractivity contribution >= 4 is 5.91 Å². The van der Waals surface area contributed by atoms with E-state index in [1.165, 1.54) is 0 Å². The van der Waals surface area contributed by atoms with E-state index in [1.54, 1.807) is 6.20 Å². The maximum Gasteiger partial charge on any atom is 0.255 e. The maximum atomic E-state index is 12.2. The Kier molecular flexibility index (Phi) is 5.67. The Morgan fingerprint density at radius 2 is 2.33 bits per heavy atom. The molecule has 21 heavy (non-hydrogen) atoms. The molecule has 1 fully saturated rings. The molecule has 7 heteroatoms. The number of rotatable bonds is 6. The van der Waals surface area contributed by atoms with E-state index in [0.717, 1.165) is 31.8 Å². The second kappa shape index (κ2) is 7.49. The summed E-state index contributed by atoms with van der Waals surface area (Å²) in [6.07, 6.45) is 3.82. The lowest BCUT2D eigenvalue weighted by Crippen LogP contribution is -2.50. The molecule has 118 valence electrons. The number of carbonyl (C=O) groups excluding carboxylic acids is 1. The average molecular weight is 300 g/mol. The van der Waals surface area contributed by atoms with Gasteiger partial charge in [-0.2, -0.15) is 0 Å². The van der Waals surface area contributed by atoms with Crippen LogP contribution < -0.4 is 5.32 Å². The number of nitrogens with zero attached hydrogens (tertiary/aromatic N) is 3. The zero-order chi connectivity index (χ0) is 15.2. The Balaban J connectivity index is 2.00. The molecule has 1 aliphatic heterocycles. The van der Waals surface area contributed by atoms with Gasteiger partial charge in [-0.1, -0.05) is 6.42 Å². The maximum absolute atomic E-state index is 12.2. The molecule has 1 aromatic heterocycles. The van der Waals surface area contributed by atoms with Crippen molar-refractivity contribution < 1.29 is 13.6 Å². The molecule has 2 heterocycles. The number of alkyl halides is 2. The minimum Gasteiger partial charge on any atom is -0.349 e. The Labute approximate surface area is 123 Å². The summed E-state index contributed by atoms with van der Waals surface area (Å²) in [5.74, 6) is 0.607. The Morgan fingerprint density at radius 3 is 3.05 bits per heavy atom. The number of nitrogens with one attached hydrogen (secondary N) is 1. The zero-order valence-corrected chi connectivity index (χ0v) is 12.3. The van der Waals surface area contributed by atoms with Crippen molar-refractivity contribution in [1.29, 1.82) is 0 Å². The first-order valence-electron chi connectivity index (χ1n) is 7.41. The molecule has 0 unspecified atom stereocenters. The highest BCUT2D eigenvalue weighted by atomic mass is 19.3. The number of carbonyl (C=O) groups is 1. The smallest absolute Gasteiger partial charge is 0.255 e. The molecule has 0 spiro atoms. The summed E-state index contributed by atoms with van der Waals surface area (Å²) < 4.78 is 26.5. The van der Waals surface area contributed by atoms with Crippen LogP contribution in [0.15, 0.2) is 12.4 Å². The van der Waals surface area contributed by atoms with E-state index in [4.69, 9.17) is 0 Å². The van der Waals surface area contributed by atoms with E-state index in [2.05, 4.69) is 10.3 Å². The average Bonchev–Trinajstić information content (AvgIpc) is 2.92. The predicted molar refractivity (Wildman–Crippen MR) is 75.0 cm³/mol. The van der Waals surface area contributed by atoms with Crippen molar-refractivity contribution in [2.45, 2.75) is 51.7 Å². The largest absolute Gasteiger partial charge is 0.349 e. The van der Waals surface area contributed by atoms with Gasteiger partial charge in [0.2, 0.25) is 5.91 Å². The molecule has 0 bridgehead atoms. The van der Waals surface area contributed by atoms with Gasteiger partial charge in [0.1, 0.15) is 5.82 Å². The van der Waals surface area contributed by atoms with Crippen LogP contribution in [0.25, 0.3) is 0 Å². The lowest BCUT2D eigenvalue weighted by Gasteiger charge is -2.34. The Hall–Kier alpha value is -1.50. The van der Waals surface area contributed by atoms with E-state index in [1.807, 2.05) is 22.6 Å². The first kappa shape index (κ1) is 15.9. The number of imidazole rings is 1. The third-order valence-corrected chi connectivity index (χ3v) is 3.83. The summed E-state index contributed by atoms with van der Waals surface area (Å²) in [6, 6.07) is -0.334. The van der Waals surface area contributed by atoms with E-state index in [9.17, 15) is 13.6 Å². The third kappa shape index (κ3) is 4.23. The van der Waals surface area contributed by atoms with Crippen molar-refractivity contribution in [3.8, 4) is 0 Å². The fourth-order valence-electron chi connectivity index (χ4n) is 2.73. The lowest BCUT2D eigenvalue weighted by atomic mass is 10.0. The van der Waals surface area contributed by atoms with Crippen molar-refractivity contribution in [2.75, 3.05) is 13.1 Å². The number of hydrogen-bond acceptors (Lipinski definition) is 3. The molecule has 1 amide bonds. The third-order valence-electron chi connectivity index (χ3n) is 3.83. The van der Waals surface area contributed by atoms with Crippen LogP contribution in [-0.2, 0) is 17.9 Å². The molecule has 0 aliphatic carbocycles. The van der Waals surface area contributed by atoms with Crippen LogP contribution in [0.1, 0.15) is 32.0 Å². The predicted octanol–water partition coefficient (Wildman–Crippen LogP) is 1.64. The normalized spacial score (nSPS) is 19.9. The molecule has 0 saturated carbocycles. The van der Waals surface area contributed by atoms with E-state index >= 15 is 0 Å². The van der Waals surface area contributed by atoms with Gasteiger partial charge in [0, 0.05) is 18.9 Å². The van der Waals surface area contributed by atoms with Gasteiger partial charge >= 0.3 is 0 Å². The monoisotopic (exact) mass is 300 g/mol. The topological polar surface area (TPSA) is 50.2 Å². The molecule has 5 nitrogen and oxygen atoms in total. The summed E-state index contributed by atoms with van der Waals surface area (Å²) in [6.45, 7) is 3.66. The quantitative estimate of drug-likeness (QED) is 0.869. The van der Waals surface area contributed by atoms with Crippen molar-refractivity contribution in [2.24, 2.45) is 0 Å². The highest BCUT2D eigenvalue weighted by Crippen LogP contribution is 2.19. The number of halogens is 2. The SMILES string of the molecule is CCn1ccnc1CN1CCCC[C@H]1C(=O)NCC(F)F.